The van der Waals surface area contributed by atoms with Gasteiger partial charge in [0.25, 0.3) is 0 Å². The average molecular weight is 293 g/mol. The number of fused-ring (bicyclic) bond motifs is 2. The van der Waals surface area contributed by atoms with Gasteiger partial charge in [-0.15, -0.1) is 0 Å². The Morgan fingerprint density at radius 3 is 2.29 bits per heavy atom. The second-order valence-corrected chi connectivity index (χ2v) is 5.60. The van der Waals surface area contributed by atoms with Crippen LogP contribution in [0.2, 0.25) is 5.02 Å². The smallest absolute Gasteiger partial charge is 0.133 e. The predicted octanol–water partition coefficient (Wildman–Crippen LogP) is 5.63. The molecule has 0 saturated carbocycles. The van der Waals surface area contributed by atoms with Crippen LogP contribution in [0, 0.1) is 0 Å². The Kier molecular flexibility index (Phi) is 2.94. The fraction of sp³-hybridized carbons (Fsp3) is 0.0526. The van der Waals surface area contributed by atoms with E-state index in [9.17, 15) is 0 Å². The molecular weight excluding hydrogens is 280 g/mol. The van der Waals surface area contributed by atoms with Crippen molar-refractivity contribution in [3.63, 3.8) is 0 Å². The largest absolute Gasteiger partial charge is 0.457 e. The van der Waals surface area contributed by atoms with Crippen LogP contribution in [-0.2, 0) is 0 Å². The highest BCUT2D eigenvalue weighted by atomic mass is 35.5. The molecule has 1 heterocycles. The summed E-state index contributed by atoms with van der Waals surface area (Å²) < 4.78 is 6.03. The standard InChI is InChI=1S/C19H13ClO/c20-14-10-11-16-18(12-14)21-17-9-5-4-8-15(17)19(16)13-6-2-1-3-7-13/h1-12,19H. The minimum absolute atomic E-state index is 0.184. The molecule has 1 aliphatic rings. The summed E-state index contributed by atoms with van der Waals surface area (Å²) in [5.74, 6) is 1.93. The number of hydrogen-bond acceptors (Lipinski definition) is 1. The molecule has 3 aromatic carbocycles. The third-order valence-electron chi connectivity index (χ3n) is 3.87. The van der Waals surface area contributed by atoms with Crippen LogP contribution >= 0.6 is 11.6 Å². The molecule has 102 valence electrons. The summed E-state index contributed by atoms with van der Waals surface area (Å²) >= 11 is 6.12. The molecule has 0 saturated heterocycles. The fourth-order valence-corrected chi connectivity index (χ4v) is 3.10. The number of hydrogen-bond donors (Lipinski definition) is 0. The lowest BCUT2D eigenvalue weighted by atomic mass is 9.83. The molecule has 1 unspecified atom stereocenters. The van der Waals surface area contributed by atoms with Crippen LogP contribution in [0.4, 0.5) is 0 Å². The van der Waals surface area contributed by atoms with Crippen LogP contribution in [0.3, 0.4) is 0 Å². The van der Waals surface area contributed by atoms with Gasteiger partial charge in [0.05, 0.1) is 0 Å². The molecule has 0 spiro atoms. The molecule has 4 rings (SSSR count). The Balaban J connectivity index is 1.97. The molecule has 0 amide bonds. The minimum Gasteiger partial charge on any atom is -0.457 e. The van der Waals surface area contributed by atoms with E-state index in [-0.39, 0.29) is 5.92 Å². The minimum atomic E-state index is 0.184. The third kappa shape index (κ3) is 2.10. The maximum Gasteiger partial charge on any atom is 0.133 e. The van der Waals surface area contributed by atoms with Crippen molar-refractivity contribution in [2.45, 2.75) is 5.92 Å². The second kappa shape index (κ2) is 4.94. The molecule has 21 heavy (non-hydrogen) atoms. The van der Waals surface area contributed by atoms with Crippen molar-refractivity contribution < 1.29 is 4.74 Å². The predicted molar refractivity (Wildman–Crippen MR) is 85.4 cm³/mol. The summed E-state index contributed by atoms with van der Waals surface area (Å²) in [6.45, 7) is 0. The summed E-state index contributed by atoms with van der Waals surface area (Å²) in [5, 5.41) is 0.694. The first-order valence-corrected chi connectivity index (χ1v) is 7.32. The van der Waals surface area contributed by atoms with Crippen LogP contribution in [0.15, 0.2) is 72.8 Å². The Labute approximate surface area is 128 Å². The molecular formula is C19H13ClO. The van der Waals surface area contributed by atoms with Gasteiger partial charge in [-0.2, -0.15) is 0 Å². The van der Waals surface area contributed by atoms with Gasteiger partial charge in [-0.05, 0) is 23.8 Å². The van der Waals surface area contributed by atoms with Gasteiger partial charge in [-0.1, -0.05) is 66.2 Å². The van der Waals surface area contributed by atoms with E-state index in [1.54, 1.807) is 0 Å². The normalized spacial score (nSPS) is 15.8. The monoisotopic (exact) mass is 292 g/mol. The first-order valence-electron chi connectivity index (χ1n) is 6.94. The molecule has 1 atom stereocenters. The van der Waals surface area contributed by atoms with Gasteiger partial charge in [0.15, 0.2) is 0 Å². The Bertz CT molecular complexity index is 796. The van der Waals surface area contributed by atoms with Crippen molar-refractivity contribution in [2.24, 2.45) is 0 Å². The lowest BCUT2D eigenvalue weighted by Crippen LogP contribution is -2.11. The number of benzene rings is 3. The van der Waals surface area contributed by atoms with Crippen molar-refractivity contribution >= 4 is 11.6 Å². The van der Waals surface area contributed by atoms with Gasteiger partial charge in [0.2, 0.25) is 0 Å². The molecule has 3 aromatic rings. The zero-order chi connectivity index (χ0) is 14.2. The molecule has 0 fully saturated rings. The van der Waals surface area contributed by atoms with E-state index in [0.29, 0.717) is 5.02 Å². The van der Waals surface area contributed by atoms with Crippen LogP contribution in [0.25, 0.3) is 0 Å². The molecule has 1 nitrogen and oxygen atoms in total. The summed E-state index contributed by atoms with van der Waals surface area (Å²) in [4.78, 5) is 0. The first kappa shape index (κ1) is 12.5. The van der Waals surface area contributed by atoms with E-state index >= 15 is 0 Å². The Morgan fingerprint density at radius 2 is 1.43 bits per heavy atom. The van der Waals surface area contributed by atoms with Crippen LogP contribution in [-0.4, -0.2) is 0 Å². The van der Waals surface area contributed by atoms with E-state index in [0.717, 1.165) is 17.1 Å². The van der Waals surface area contributed by atoms with Crippen molar-refractivity contribution in [2.75, 3.05) is 0 Å². The highest BCUT2D eigenvalue weighted by Crippen LogP contribution is 2.47. The maximum absolute atomic E-state index is 6.12. The van der Waals surface area contributed by atoms with E-state index in [1.165, 1.54) is 11.1 Å². The van der Waals surface area contributed by atoms with Crippen molar-refractivity contribution in [1.29, 1.82) is 0 Å². The van der Waals surface area contributed by atoms with Gasteiger partial charge in [-0.3, -0.25) is 0 Å². The molecule has 1 aliphatic heterocycles. The highest BCUT2D eigenvalue weighted by molar-refractivity contribution is 6.30. The van der Waals surface area contributed by atoms with Crippen LogP contribution in [0.1, 0.15) is 22.6 Å². The highest BCUT2D eigenvalue weighted by Gasteiger charge is 2.28. The van der Waals surface area contributed by atoms with E-state index < -0.39 is 0 Å². The van der Waals surface area contributed by atoms with Crippen molar-refractivity contribution in [1.82, 2.24) is 0 Å². The van der Waals surface area contributed by atoms with Crippen molar-refractivity contribution in [3.8, 4) is 11.5 Å². The van der Waals surface area contributed by atoms with Gasteiger partial charge in [-0.25, -0.2) is 0 Å². The molecule has 0 N–H and O–H groups in total. The lowest BCUT2D eigenvalue weighted by Gasteiger charge is -2.28. The van der Waals surface area contributed by atoms with E-state index in [2.05, 4.69) is 42.5 Å². The van der Waals surface area contributed by atoms with Gasteiger partial charge < -0.3 is 4.74 Å². The van der Waals surface area contributed by atoms with Crippen molar-refractivity contribution in [3.05, 3.63) is 94.5 Å². The fourth-order valence-electron chi connectivity index (χ4n) is 2.94. The van der Waals surface area contributed by atoms with Gasteiger partial charge >= 0.3 is 0 Å². The summed E-state index contributed by atoms with van der Waals surface area (Å²) in [5.41, 5.74) is 3.61. The SMILES string of the molecule is Clc1ccc2c(c1)Oc1ccccc1C2c1ccccc1. The molecule has 2 heteroatoms. The summed E-state index contributed by atoms with van der Waals surface area (Å²) in [6, 6.07) is 24.6. The number of ether oxygens (including phenoxy) is 1. The maximum atomic E-state index is 6.12. The molecule has 0 aromatic heterocycles. The first-order chi connectivity index (χ1) is 10.3. The topological polar surface area (TPSA) is 9.23 Å². The Morgan fingerprint density at radius 1 is 0.714 bits per heavy atom. The molecule has 0 radical (unpaired) electrons. The molecule has 0 aliphatic carbocycles. The summed E-state index contributed by atoms with van der Waals surface area (Å²) in [7, 11) is 0. The van der Waals surface area contributed by atoms with E-state index in [4.69, 9.17) is 16.3 Å². The zero-order valence-corrected chi connectivity index (χ0v) is 12.0. The zero-order valence-electron chi connectivity index (χ0n) is 11.3. The number of halogens is 1. The lowest BCUT2D eigenvalue weighted by molar-refractivity contribution is 0.453. The molecule has 0 bridgehead atoms. The quantitative estimate of drug-likeness (QED) is 0.442. The second-order valence-electron chi connectivity index (χ2n) is 5.17. The van der Waals surface area contributed by atoms with E-state index in [1.807, 2.05) is 30.3 Å². The number of para-hydroxylation sites is 1. The van der Waals surface area contributed by atoms with Gasteiger partial charge in [0, 0.05) is 22.1 Å². The van der Waals surface area contributed by atoms with Gasteiger partial charge in [0.1, 0.15) is 11.5 Å². The third-order valence-corrected chi connectivity index (χ3v) is 4.10. The Hall–Kier alpha value is -2.25. The number of rotatable bonds is 1. The average Bonchev–Trinajstić information content (AvgIpc) is 2.53. The van der Waals surface area contributed by atoms with Crippen LogP contribution < -0.4 is 4.74 Å². The summed E-state index contributed by atoms with van der Waals surface area (Å²) in [6.07, 6.45) is 0. The van der Waals surface area contributed by atoms with Crippen LogP contribution in [0.5, 0.6) is 11.5 Å².